The smallest absolute Gasteiger partial charge is 0.251 e. The van der Waals surface area contributed by atoms with Gasteiger partial charge in [0.25, 0.3) is 5.91 Å². The third-order valence-corrected chi connectivity index (χ3v) is 4.25. The lowest BCUT2D eigenvalue weighted by Crippen LogP contribution is -2.28. The molecule has 4 heteroatoms. The molecule has 3 nitrogen and oxygen atoms in total. The molecule has 2 aromatic rings. The summed E-state index contributed by atoms with van der Waals surface area (Å²) < 4.78 is 0. The van der Waals surface area contributed by atoms with E-state index in [1.54, 1.807) is 11.8 Å². The molecule has 0 bridgehead atoms. The van der Waals surface area contributed by atoms with Gasteiger partial charge in [0.1, 0.15) is 0 Å². The number of amides is 1. The van der Waals surface area contributed by atoms with Crippen molar-refractivity contribution in [1.82, 2.24) is 5.32 Å². The van der Waals surface area contributed by atoms with Gasteiger partial charge in [0, 0.05) is 17.1 Å². The molecule has 0 aliphatic heterocycles. The topological polar surface area (TPSA) is 49.3 Å². The summed E-state index contributed by atoms with van der Waals surface area (Å²) in [5.74, 6) is -0.0838. The maximum atomic E-state index is 12.4. The average Bonchev–Trinajstić information content (AvgIpc) is 2.59. The predicted octanol–water partition coefficient (Wildman–Crippen LogP) is 3.65. The monoisotopic (exact) mass is 315 g/mol. The molecule has 0 heterocycles. The molecule has 0 spiro atoms. The van der Waals surface area contributed by atoms with Crippen LogP contribution in [-0.4, -0.2) is 23.9 Å². The van der Waals surface area contributed by atoms with E-state index in [1.165, 1.54) is 0 Å². The molecule has 116 valence electrons. The Morgan fingerprint density at radius 3 is 2.41 bits per heavy atom. The number of hydrogen-bond donors (Lipinski definition) is 2. The number of rotatable bonds is 7. The molecule has 0 saturated carbocycles. The number of carbonyl (C=O) groups excluding carboxylic acids is 1. The largest absolute Gasteiger partial charge is 0.396 e. The van der Waals surface area contributed by atoms with Crippen LogP contribution >= 0.6 is 11.8 Å². The third kappa shape index (κ3) is 4.61. The SMILES string of the molecule is CSc1ccc(C(=O)NC(CCCO)c2ccccc2)cc1. The number of carbonyl (C=O) groups is 1. The number of aliphatic hydroxyl groups excluding tert-OH is 1. The Morgan fingerprint density at radius 2 is 1.82 bits per heavy atom. The summed E-state index contributed by atoms with van der Waals surface area (Å²) >= 11 is 1.65. The molecular formula is C18H21NO2S. The second kappa shape index (κ2) is 8.61. The Morgan fingerprint density at radius 1 is 1.14 bits per heavy atom. The zero-order chi connectivity index (χ0) is 15.8. The van der Waals surface area contributed by atoms with Gasteiger partial charge < -0.3 is 10.4 Å². The summed E-state index contributed by atoms with van der Waals surface area (Å²) in [5.41, 5.74) is 1.72. The first-order chi connectivity index (χ1) is 10.7. The molecule has 2 N–H and O–H groups in total. The van der Waals surface area contributed by atoms with Crippen molar-refractivity contribution >= 4 is 17.7 Å². The molecule has 2 aromatic carbocycles. The molecule has 0 fully saturated rings. The maximum Gasteiger partial charge on any atom is 0.251 e. The van der Waals surface area contributed by atoms with E-state index in [2.05, 4.69) is 5.32 Å². The number of nitrogens with one attached hydrogen (secondary N) is 1. The van der Waals surface area contributed by atoms with Gasteiger partial charge in [-0.1, -0.05) is 30.3 Å². The summed E-state index contributed by atoms with van der Waals surface area (Å²) in [7, 11) is 0. The lowest BCUT2D eigenvalue weighted by molar-refractivity contribution is 0.0932. The van der Waals surface area contributed by atoms with E-state index in [4.69, 9.17) is 5.11 Å². The van der Waals surface area contributed by atoms with Gasteiger partial charge in [-0.2, -0.15) is 0 Å². The van der Waals surface area contributed by atoms with Gasteiger partial charge in [-0.15, -0.1) is 11.8 Å². The van der Waals surface area contributed by atoms with E-state index in [0.717, 1.165) is 16.9 Å². The van der Waals surface area contributed by atoms with E-state index in [9.17, 15) is 4.79 Å². The first kappa shape index (κ1) is 16.6. The summed E-state index contributed by atoms with van der Waals surface area (Å²) in [6.07, 6.45) is 3.38. The van der Waals surface area contributed by atoms with Gasteiger partial charge >= 0.3 is 0 Å². The van der Waals surface area contributed by atoms with Crippen LogP contribution in [0.3, 0.4) is 0 Å². The number of benzene rings is 2. The van der Waals surface area contributed by atoms with Crippen molar-refractivity contribution < 1.29 is 9.90 Å². The van der Waals surface area contributed by atoms with Crippen molar-refractivity contribution in [3.05, 3.63) is 65.7 Å². The number of hydrogen-bond acceptors (Lipinski definition) is 3. The van der Waals surface area contributed by atoms with Crippen LogP contribution in [0.1, 0.15) is 34.8 Å². The highest BCUT2D eigenvalue weighted by Gasteiger charge is 2.15. The van der Waals surface area contributed by atoms with Crippen molar-refractivity contribution in [2.24, 2.45) is 0 Å². The fourth-order valence-corrected chi connectivity index (χ4v) is 2.70. The standard InChI is InChI=1S/C18H21NO2S/c1-22-16-11-9-15(10-12-16)18(21)19-17(8-5-13-20)14-6-3-2-4-7-14/h2-4,6-7,9-12,17,20H,5,8,13H2,1H3,(H,19,21). The fourth-order valence-electron chi connectivity index (χ4n) is 2.29. The number of thioether (sulfide) groups is 1. The average molecular weight is 315 g/mol. The first-order valence-corrected chi connectivity index (χ1v) is 8.58. The number of aliphatic hydroxyl groups is 1. The molecule has 0 aliphatic rings. The molecular weight excluding hydrogens is 294 g/mol. The highest BCUT2D eigenvalue weighted by Crippen LogP contribution is 2.20. The Balaban J connectivity index is 2.10. The quantitative estimate of drug-likeness (QED) is 0.767. The van der Waals surface area contributed by atoms with E-state index in [-0.39, 0.29) is 18.6 Å². The normalized spacial score (nSPS) is 11.9. The minimum absolute atomic E-state index is 0.0823. The van der Waals surface area contributed by atoms with E-state index < -0.39 is 0 Å². The van der Waals surface area contributed by atoms with Crippen LogP contribution in [0.2, 0.25) is 0 Å². The van der Waals surface area contributed by atoms with Crippen molar-refractivity contribution in [3.63, 3.8) is 0 Å². The van der Waals surface area contributed by atoms with Crippen molar-refractivity contribution in [2.75, 3.05) is 12.9 Å². The molecule has 0 saturated heterocycles. The lowest BCUT2D eigenvalue weighted by atomic mass is 10.0. The van der Waals surface area contributed by atoms with Crippen LogP contribution in [0.15, 0.2) is 59.5 Å². The molecule has 22 heavy (non-hydrogen) atoms. The van der Waals surface area contributed by atoms with Crippen LogP contribution in [-0.2, 0) is 0 Å². The maximum absolute atomic E-state index is 12.4. The highest BCUT2D eigenvalue weighted by atomic mass is 32.2. The van der Waals surface area contributed by atoms with Crippen LogP contribution in [0.5, 0.6) is 0 Å². The van der Waals surface area contributed by atoms with Crippen molar-refractivity contribution in [3.8, 4) is 0 Å². The van der Waals surface area contributed by atoms with E-state index in [0.29, 0.717) is 12.0 Å². The molecule has 0 radical (unpaired) electrons. The van der Waals surface area contributed by atoms with Gasteiger partial charge in [-0.25, -0.2) is 0 Å². The zero-order valence-corrected chi connectivity index (χ0v) is 13.5. The lowest BCUT2D eigenvalue weighted by Gasteiger charge is -2.19. The van der Waals surface area contributed by atoms with Gasteiger partial charge in [0.2, 0.25) is 0 Å². The first-order valence-electron chi connectivity index (χ1n) is 7.35. The van der Waals surface area contributed by atoms with Gasteiger partial charge in [0.05, 0.1) is 6.04 Å². The Bertz CT molecular complexity index is 584. The Hall–Kier alpha value is -1.78. The highest BCUT2D eigenvalue weighted by molar-refractivity contribution is 7.98. The minimum atomic E-state index is -0.0838. The second-order valence-corrected chi connectivity index (χ2v) is 5.91. The van der Waals surface area contributed by atoms with Gasteiger partial charge in [-0.05, 0) is 48.9 Å². The van der Waals surface area contributed by atoms with Crippen LogP contribution in [0.25, 0.3) is 0 Å². The van der Waals surface area contributed by atoms with Crippen LogP contribution < -0.4 is 5.32 Å². The molecule has 1 amide bonds. The second-order valence-electron chi connectivity index (χ2n) is 5.03. The summed E-state index contributed by atoms with van der Waals surface area (Å²) in [5, 5.41) is 12.1. The molecule has 2 rings (SSSR count). The predicted molar refractivity (Wildman–Crippen MR) is 91.2 cm³/mol. The van der Waals surface area contributed by atoms with Crippen LogP contribution in [0.4, 0.5) is 0 Å². The van der Waals surface area contributed by atoms with E-state index in [1.807, 2.05) is 60.9 Å². The molecule has 0 aliphatic carbocycles. The van der Waals surface area contributed by atoms with Crippen LogP contribution in [0, 0.1) is 0 Å². The van der Waals surface area contributed by atoms with Gasteiger partial charge in [0.15, 0.2) is 0 Å². The molecule has 1 atom stereocenters. The van der Waals surface area contributed by atoms with Gasteiger partial charge in [-0.3, -0.25) is 4.79 Å². The molecule has 0 aromatic heterocycles. The summed E-state index contributed by atoms with van der Waals surface area (Å²) in [4.78, 5) is 13.5. The van der Waals surface area contributed by atoms with Crippen molar-refractivity contribution in [2.45, 2.75) is 23.8 Å². The van der Waals surface area contributed by atoms with Crippen molar-refractivity contribution in [1.29, 1.82) is 0 Å². The van der Waals surface area contributed by atoms with E-state index >= 15 is 0 Å². The fraction of sp³-hybridized carbons (Fsp3) is 0.278. The molecule has 1 unspecified atom stereocenters. The third-order valence-electron chi connectivity index (χ3n) is 3.51. The summed E-state index contributed by atoms with van der Waals surface area (Å²) in [6, 6.07) is 17.4. The Kier molecular flexibility index (Phi) is 6.49. The summed E-state index contributed by atoms with van der Waals surface area (Å²) in [6.45, 7) is 0.127. The minimum Gasteiger partial charge on any atom is -0.396 e. The zero-order valence-electron chi connectivity index (χ0n) is 12.7. The Labute approximate surface area is 135 Å².